The Morgan fingerprint density at radius 1 is 0.789 bits per heavy atom. The third-order valence-electron chi connectivity index (χ3n) is 4.23. The van der Waals surface area contributed by atoms with Gasteiger partial charge in [0.05, 0.1) is 0 Å². The van der Waals surface area contributed by atoms with Gasteiger partial charge in [-0.2, -0.15) is 0 Å². The quantitative estimate of drug-likeness (QED) is 0.789. The molecule has 0 aromatic heterocycles. The molecule has 2 rings (SSSR count). The zero-order valence-corrected chi connectivity index (χ0v) is 12.6. The number of anilines is 1. The van der Waals surface area contributed by atoms with Crippen molar-refractivity contribution in [1.82, 2.24) is 0 Å². The minimum absolute atomic E-state index is 1.01. The Kier molecular flexibility index (Phi) is 4.14. The van der Waals surface area contributed by atoms with Gasteiger partial charge in [0.15, 0.2) is 0 Å². The Morgan fingerprint density at radius 2 is 1.42 bits per heavy atom. The van der Waals surface area contributed by atoms with Crippen LogP contribution in [0, 0.1) is 0 Å². The van der Waals surface area contributed by atoms with E-state index in [-0.39, 0.29) is 0 Å². The van der Waals surface area contributed by atoms with Crippen LogP contribution in [0.3, 0.4) is 0 Å². The van der Waals surface area contributed by atoms with Crippen LogP contribution < -0.4 is 5.73 Å². The van der Waals surface area contributed by atoms with Crippen molar-refractivity contribution in [2.75, 3.05) is 5.73 Å². The lowest BCUT2D eigenvalue weighted by Gasteiger charge is -2.20. The van der Waals surface area contributed by atoms with Gasteiger partial charge in [0.2, 0.25) is 0 Å². The molecule has 0 aliphatic heterocycles. The van der Waals surface area contributed by atoms with E-state index in [1.54, 1.807) is 0 Å². The van der Waals surface area contributed by atoms with Gasteiger partial charge < -0.3 is 5.73 Å². The van der Waals surface area contributed by atoms with E-state index >= 15 is 0 Å². The molecule has 0 radical (unpaired) electrons. The molecule has 0 spiro atoms. The van der Waals surface area contributed by atoms with Gasteiger partial charge in [-0.05, 0) is 58.7 Å². The molecule has 2 aromatic rings. The van der Waals surface area contributed by atoms with Crippen LogP contribution in [0.5, 0.6) is 0 Å². The topological polar surface area (TPSA) is 26.0 Å². The van der Waals surface area contributed by atoms with Crippen LogP contribution in [0.2, 0.25) is 0 Å². The predicted molar refractivity (Wildman–Crippen MR) is 85.9 cm³/mol. The summed E-state index contributed by atoms with van der Waals surface area (Å²) in [5.74, 6) is 0. The molecule has 0 aliphatic carbocycles. The molecule has 2 N–H and O–H groups in total. The van der Waals surface area contributed by atoms with Crippen molar-refractivity contribution >= 4 is 16.5 Å². The number of nitrogens with two attached hydrogens (primary N) is 1. The van der Waals surface area contributed by atoms with E-state index in [1.807, 2.05) is 0 Å². The van der Waals surface area contributed by atoms with E-state index in [9.17, 15) is 0 Å². The van der Waals surface area contributed by atoms with Gasteiger partial charge >= 0.3 is 0 Å². The molecule has 1 heteroatoms. The fourth-order valence-corrected chi connectivity index (χ4v) is 3.32. The molecule has 0 saturated carbocycles. The highest BCUT2D eigenvalue weighted by molar-refractivity contribution is 5.96. The van der Waals surface area contributed by atoms with Gasteiger partial charge in [-0.1, -0.05) is 45.9 Å². The molecule has 0 fully saturated rings. The van der Waals surface area contributed by atoms with Crippen LogP contribution >= 0.6 is 0 Å². The molecular weight excluding hydrogens is 230 g/mol. The average Bonchev–Trinajstić information content (AvgIpc) is 2.45. The lowest BCUT2D eigenvalue weighted by Crippen LogP contribution is -2.06. The molecule has 0 atom stereocenters. The minimum Gasteiger partial charge on any atom is -0.398 e. The summed E-state index contributed by atoms with van der Waals surface area (Å²) in [6.07, 6.45) is 4.16. The Hall–Kier alpha value is -1.50. The highest BCUT2D eigenvalue weighted by Crippen LogP contribution is 2.35. The summed E-state index contributed by atoms with van der Waals surface area (Å²) in [6.45, 7) is 8.88. The fraction of sp³-hybridized carbons (Fsp3) is 0.444. The first-order valence-electron chi connectivity index (χ1n) is 7.53. The summed E-state index contributed by atoms with van der Waals surface area (Å²) >= 11 is 0. The van der Waals surface area contributed by atoms with Gasteiger partial charge in [0, 0.05) is 5.69 Å². The smallest absolute Gasteiger partial charge is 0.0388 e. The Morgan fingerprint density at radius 3 is 1.95 bits per heavy atom. The zero-order chi connectivity index (χ0) is 14.0. The number of hydrogen-bond donors (Lipinski definition) is 1. The van der Waals surface area contributed by atoms with Gasteiger partial charge in [-0.3, -0.25) is 0 Å². The van der Waals surface area contributed by atoms with Gasteiger partial charge in [0.25, 0.3) is 0 Å². The second-order valence-corrected chi connectivity index (χ2v) is 5.10. The molecule has 102 valence electrons. The monoisotopic (exact) mass is 255 g/mol. The first-order valence-corrected chi connectivity index (χ1v) is 7.53. The Labute approximate surface area is 116 Å². The van der Waals surface area contributed by atoms with Gasteiger partial charge in [-0.15, -0.1) is 0 Å². The molecule has 0 aliphatic rings. The van der Waals surface area contributed by atoms with E-state index in [1.165, 1.54) is 33.0 Å². The summed E-state index contributed by atoms with van der Waals surface area (Å²) in [6, 6.07) is 6.70. The van der Waals surface area contributed by atoms with E-state index in [4.69, 9.17) is 5.73 Å². The van der Waals surface area contributed by atoms with Crippen molar-refractivity contribution in [2.45, 2.75) is 53.4 Å². The molecular formula is C18H25N. The summed E-state index contributed by atoms with van der Waals surface area (Å²) in [4.78, 5) is 0. The van der Waals surface area contributed by atoms with Crippen molar-refractivity contribution in [3.63, 3.8) is 0 Å². The predicted octanol–water partition coefficient (Wildman–Crippen LogP) is 4.67. The van der Waals surface area contributed by atoms with E-state index in [0.717, 1.165) is 31.4 Å². The second-order valence-electron chi connectivity index (χ2n) is 5.10. The summed E-state index contributed by atoms with van der Waals surface area (Å²) in [7, 11) is 0. The fourth-order valence-electron chi connectivity index (χ4n) is 3.32. The Balaban J connectivity index is 3.00. The molecule has 0 unspecified atom stereocenters. The Bertz CT molecular complexity index is 596. The van der Waals surface area contributed by atoms with Crippen LogP contribution in [-0.2, 0) is 25.7 Å². The standard InChI is InChI=1S/C18H25N/c1-5-12-10-9-11-16-13(6-2)14(7-3)18(19)15(8-4)17(12)16/h9-11H,5-8,19H2,1-4H3. The van der Waals surface area contributed by atoms with Crippen LogP contribution in [0.1, 0.15) is 49.9 Å². The van der Waals surface area contributed by atoms with Crippen LogP contribution in [0.4, 0.5) is 5.69 Å². The third kappa shape index (κ3) is 2.11. The third-order valence-corrected chi connectivity index (χ3v) is 4.23. The molecule has 19 heavy (non-hydrogen) atoms. The lowest BCUT2D eigenvalue weighted by atomic mass is 9.86. The van der Waals surface area contributed by atoms with Crippen LogP contribution in [0.15, 0.2) is 18.2 Å². The first-order chi connectivity index (χ1) is 9.19. The maximum absolute atomic E-state index is 6.47. The van der Waals surface area contributed by atoms with Crippen molar-refractivity contribution in [3.8, 4) is 0 Å². The van der Waals surface area contributed by atoms with E-state index in [0.29, 0.717) is 0 Å². The highest BCUT2D eigenvalue weighted by atomic mass is 14.6. The number of fused-ring (bicyclic) bond motifs is 1. The van der Waals surface area contributed by atoms with E-state index in [2.05, 4.69) is 45.9 Å². The van der Waals surface area contributed by atoms with Crippen molar-refractivity contribution in [3.05, 3.63) is 40.5 Å². The summed E-state index contributed by atoms with van der Waals surface area (Å²) < 4.78 is 0. The summed E-state index contributed by atoms with van der Waals surface area (Å²) in [5.41, 5.74) is 13.1. The van der Waals surface area contributed by atoms with Gasteiger partial charge in [-0.25, -0.2) is 0 Å². The molecule has 1 nitrogen and oxygen atoms in total. The van der Waals surface area contributed by atoms with Crippen molar-refractivity contribution in [1.29, 1.82) is 0 Å². The van der Waals surface area contributed by atoms with Crippen molar-refractivity contribution in [2.24, 2.45) is 0 Å². The van der Waals surface area contributed by atoms with Crippen LogP contribution in [0.25, 0.3) is 10.8 Å². The number of nitrogen functional groups attached to an aromatic ring is 1. The molecule has 0 amide bonds. The molecule has 2 aromatic carbocycles. The van der Waals surface area contributed by atoms with Gasteiger partial charge in [0.1, 0.15) is 0 Å². The maximum Gasteiger partial charge on any atom is 0.0388 e. The highest BCUT2D eigenvalue weighted by Gasteiger charge is 2.16. The second kappa shape index (κ2) is 5.64. The van der Waals surface area contributed by atoms with Crippen LogP contribution in [-0.4, -0.2) is 0 Å². The first kappa shape index (κ1) is 13.9. The average molecular weight is 255 g/mol. The largest absolute Gasteiger partial charge is 0.398 e. The number of benzene rings is 2. The number of hydrogen-bond acceptors (Lipinski definition) is 1. The zero-order valence-electron chi connectivity index (χ0n) is 12.6. The van der Waals surface area contributed by atoms with Crippen molar-refractivity contribution < 1.29 is 0 Å². The molecule has 0 saturated heterocycles. The van der Waals surface area contributed by atoms with E-state index < -0.39 is 0 Å². The summed E-state index contributed by atoms with van der Waals surface area (Å²) in [5, 5.41) is 2.84. The normalized spacial score (nSPS) is 11.2. The SMILES string of the molecule is CCc1c(N)c(CC)c2c(CC)cccc2c1CC. The number of rotatable bonds is 4. The molecule has 0 heterocycles. The maximum atomic E-state index is 6.47. The molecule has 0 bridgehead atoms. The minimum atomic E-state index is 1.01. The lowest BCUT2D eigenvalue weighted by molar-refractivity contribution is 1.04. The number of aryl methyl sites for hydroxylation is 3.